The first kappa shape index (κ1) is 11.4. The zero-order valence-corrected chi connectivity index (χ0v) is 10.3. The highest BCUT2D eigenvalue weighted by molar-refractivity contribution is 5.92. The van der Waals surface area contributed by atoms with Crippen LogP contribution in [0.1, 0.15) is 17.4 Å². The maximum atomic E-state index is 11.3. The lowest BCUT2D eigenvalue weighted by Gasteiger charge is -2.06. The predicted octanol–water partition coefficient (Wildman–Crippen LogP) is 2.95. The first-order valence-corrected chi connectivity index (χ1v) is 5.80. The zero-order valence-electron chi connectivity index (χ0n) is 10.3. The lowest BCUT2D eigenvalue weighted by atomic mass is 10.2. The van der Waals surface area contributed by atoms with Crippen molar-refractivity contribution in [3.8, 4) is 11.5 Å². The third kappa shape index (κ3) is 2.30. The van der Waals surface area contributed by atoms with Crippen LogP contribution in [0.15, 0.2) is 42.9 Å². The van der Waals surface area contributed by atoms with Crippen molar-refractivity contribution in [3.05, 3.63) is 48.5 Å². The van der Waals surface area contributed by atoms with Crippen molar-refractivity contribution in [1.82, 2.24) is 15.0 Å². The molecule has 0 bridgehead atoms. The van der Waals surface area contributed by atoms with E-state index in [1.54, 1.807) is 24.7 Å². The minimum atomic E-state index is -0.0885. The van der Waals surface area contributed by atoms with Gasteiger partial charge in [0.15, 0.2) is 5.78 Å². The fourth-order valence-electron chi connectivity index (χ4n) is 1.78. The molecule has 19 heavy (non-hydrogen) atoms. The second-order valence-electron chi connectivity index (χ2n) is 4.12. The smallest absolute Gasteiger partial charge is 0.178 e. The molecular formula is C14H11N3O2. The molecule has 0 fully saturated rings. The molecule has 1 N–H and O–H groups in total. The van der Waals surface area contributed by atoms with Crippen LogP contribution in [-0.2, 0) is 0 Å². The molecule has 94 valence electrons. The number of imidazole rings is 1. The number of fused-ring (bicyclic) bond motifs is 1. The molecule has 0 saturated carbocycles. The van der Waals surface area contributed by atoms with Gasteiger partial charge < -0.3 is 9.72 Å². The van der Waals surface area contributed by atoms with E-state index in [1.807, 2.05) is 18.2 Å². The lowest BCUT2D eigenvalue weighted by molar-refractivity contribution is 0.101. The molecule has 0 saturated heterocycles. The molecule has 5 nitrogen and oxygen atoms in total. The summed E-state index contributed by atoms with van der Waals surface area (Å²) in [5.74, 6) is 1.17. The van der Waals surface area contributed by atoms with Gasteiger partial charge in [-0.25, -0.2) is 4.98 Å². The van der Waals surface area contributed by atoms with E-state index < -0.39 is 0 Å². The molecule has 0 amide bonds. The highest BCUT2D eigenvalue weighted by Crippen LogP contribution is 2.24. The largest absolute Gasteiger partial charge is 0.457 e. The quantitative estimate of drug-likeness (QED) is 0.728. The molecule has 0 aliphatic carbocycles. The van der Waals surface area contributed by atoms with Crippen LogP contribution in [0.4, 0.5) is 0 Å². The molecule has 0 aliphatic rings. The predicted molar refractivity (Wildman–Crippen MR) is 70.4 cm³/mol. The van der Waals surface area contributed by atoms with Crippen molar-refractivity contribution in [2.45, 2.75) is 6.92 Å². The summed E-state index contributed by atoms with van der Waals surface area (Å²) in [5, 5.41) is 0. The maximum Gasteiger partial charge on any atom is 0.178 e. The molecule has 0 radical (unpaired) electrons. The Kier molecular flexibility index (Phi) is 2.72. The number of hydrogen-bond acceptors (Lipinski definition) is 4. The molecule has 0 unspecified atom stereocenters. The normalized spacial score (nSPS) is 10.6. The topological polar surface area (TPSA) is 67.9 Å². The number of H-pyrrole nitrogens is 1. The Hall–Kier alpha value is -2.69. The van der Waals surface area contributed by atoms with Gasteiger partial charge in [-0.3, -0.25) is 9.78 Å². The van der Waals surface area contributed by atoms with Crippen LogP contribution in [-0.4, -0.2) is 20.7 Å². The molecule has 2 aromatic heterocycles. The van der Waals surface area contributed by atoms with Crippen LogP contribution in [0.3, 0.4) is 0 Å². The lowest BCUT2D eigenvalue weighted by Crippen LogP contribution is -1.96. The van der Waals surface area contributed by atoms with E-state index in [1.165, 1.54) is 6.92 Å². The summed E-state index contributed by atoms with van der Waals surface area (Å²) in [7, 11) is 0. The average Bonchev–Trinajstić information content (AvgIpc) is 2.86. The van der Waals surface area contributed by atoms with Gasteiger partial charge in [0, 0.05) is 25.3 Å². The minimum absolute atomic E-state index is 0.0885. The number of ether oxygens (including phenoxy) is 1. The first-order chi connectivity index (χ1) is 9.22. The van der Waals surface area contributed by atoms with Crippen LogP contribution in [0.25, 0.3) is 11.0 Å². The Labute approximate surface area is 109 Å². The number of carbonyl (C=O) groups is 1. The van der Waals surface area contributed by atoms with Gasteiger partial charge in [-0.2, -0.15) is 0 Å². The molecule has 0 aliphatic heterocycles. The second kappa shape index (κ2) is 4.53. The molecule has 3 rings (SSSR count). The van der Waals surface area contributed by atoms with E-state index in [9.17, 15) is 4.79 Å². The second-order valence-corrected chi connectivity index (χ2v) is 4.12. The summed E-state index contributed by atoms with van der Waals surface area (Å²) in [6.45, 7) is 1.47. The highest BCUT2D eigenvalue weighted by atomic mass is 16.5. The number of Topliss-reactive ketones (excluding diaryl/α,β-unsaturated/α-hetero) is 1. The van der Waals surface area contributed by atoms with E-state index in [0.717, 1.165) is 11.0 Å². The SMILES string of the molecule is CC(=O)c1cc(Oc2ccc3nc[nH]c3c2)ccn1. The zero-order chi connectivity index (χ0) is 13.2. The minimum Gasteiger partial charge on any atom is -0.457 e. The number of ketones is 1. The highest BCUT2D eigenvalue weighted by Gasteiger charge is 2.05. The van der Waals surface area contributed by atoms with Gasteiger partial charge in [-0.05, 0) is 18.2 Å². The number of benzene rings is 1. The Morgan fingerprint density at radius 2 is 2.00 bits per heavy atom. The summed E-state index contributed by atoms with van der Waals surface area (Å²) in [5.41, 5.74) is 2.17. The van der Waals surface area contributed by atoms with Crippen molar-refractivity contribution >= 4 is 16.8 Å². The summed E-state index contributed by atoms with van der Waals surface area (Å²) in [4.78, 5) is 22.4. The van der Waals surface area contributed by atoms with Gasteiger partial charge in [0.25, 0.3) is 0 Å². The number of carbonyl (C=O) groups excluding carboxylic acids is 1. The molecule has 2 heterocycles. The third-order valence-corrected chi connectivity index (χ3v) is 2.72. The van der Waals surface area contributed by atoms with Crippen LogP contribution >= 0.6 is 0 Å². The van der Waals surface area contributed by atoms with Crippen molar-refractivity contribution < 1.29 is 9.53 Å². The van der Waals surface area contributed by atoms with Crippen LogP contribution in [0.5, 0.6) is 11.5 Å². The van der Waals surface area contributed by atoms with E-state index in [0.29, 0.717) is 17.2 Å². The molecule has 3 aromatic rings. The summed E-state index contributed by atoms with van der Waals surface area (Å²) in [6.07, 6.45) is 3.19. The van der Waals surface area contributed by atoms with E-state index in [-0.39, 0.29) is 5.78 Å². The Bertz CT molecular complexity index is 749. The van der Waals surface area contributed by atoms with Crippen molar-refractivity contribution in [2.75, 3.05) is 0 Å². The van der Waals surface area contributed by atoms with Crippen molar-refractivity contribution in [2.24, 2.45) is 0 Å². The van der Waals surface area contributed by atoms with Gasteiger partial charge >= 0.3 is 0 Å². The Morgan fingerprint density at radius 1 is 1.16 bits per heavy atom. The maximum absolute atomic E-state index is 11.3. The number of pyridine rings is 1. The number of nitrogens with zero attached hydrogens (tertiary/aromatic N) is 2. The van der Waals surface area contributed by atoms with E-state index in [2.05, 4.69) is 15.0 Å². The third-order valence-electron chi connectivity index (χ3n) is 2.72. The van der Waals surface area contributed by atoms with Gasteiger partial charge in [0.2, 0.25) is 0 Å². The van der Waals surface area contributed by atoms with Crippen LogP contribution in [0.2, 0.25) is 0 Å². The Morgan fingerprint density at radius 3 is 2.84 bits per heavy atom. The molecule has 1 aromatic carbocycles. The van der Waals surface area contributed by atoms with Gasteiger partial charge in [0.05, 0.1) is 17.4 Å². The van der Waals surface area contributed by atoms with Gasteiger partial charge in [-0.1, -0.05) is 0 Å². The number of nitrogens with one attached hydrogen (secondary N) is 1. The monoisotopic (exact) mass is 253 g/mol. The fraction of sp³-hybridized carbons (Fsp3) is 0.0714. The van der Waals surface area contributed by atoms with Crippen LogP contribution in [0, 0.1) is 0 Å². The summed E-state index contributed by atoms with van der Waals surface area (Å²) in [6, 6.07) is 8.89. The standard InChI is InChI=1S/C14H11N3O2/c1-9(18)13-6-11(4-5-15-13)19-10-2-3-12-14(7-10)17-8-16-12/h2-8H,1H3,(H,16,17). The number of aromatic nitrogens is 3. The van der Waals surface area contributed by atoms with E-state index >= 15 is 0 Å². The number of aromatic amines is 1. The van der Waals surface area contributed by atoms with E-state index in [4.69, 9.17) is 4.74 Å². The molecule has 0 atom stereocenters. The molecular weight excluding hydrogens is 242 g/mol. The van der Waals surface area contributed by atoms with Gasteiger partial charge in [-0.15, -0.1) is 0 Å². The number of rotatable bonds is 3. The van der Waals surface area contributed by atoms with Crippen molar-refractivity contribution in [1.29, 1.82) is 0 Å². The summed E-state index contributed by atoms with van der Waals surface area (Å²) < 4.78 is 5.71. The van der Waals surface area contributed by atoms with Gasteiger partial charge in [0.1, 0.15) is 17.2 Å². The molecule has 0 spiro atoms. The molecule has 5 heteroatoms. The fourth-order valence-corrected chi connectivity index (χ4v) is 1.78. The van der Waals surface area contributed by atoms with Crippen molar-refractivity contribution in [3.63, 3.8) is 0 Å². The van der Waals surface area contributed by atoms with Crippen LogP contribution < -0.4 is 4.74 Å². The summed E-state index contributed by atoms with van der Waals surface area (Å²) >= 11 is 0. The average molecular weight is 253 g/mol. The number of hydrogen-bond donors (Lipinski definition) is 1. The first-order valence-electron chi connectivity index (χ1n) is 5.80. The Balaban J connectivity index is 1.91.